The Morgan fingerprint density at radius 3 is 2.55 bits per heavy atom. The molecular weight excluding hydrogens is 424 g/mol. The molecule has 8 heteroatoms. The monoisotopic (exact) mass is 450 g/mol. The smallest absolute Gasteiger partial charge is 0.412 e. The van der Waals surface area contributed by atoms with Gasteiger partial charge in [0.1, 0.15) is 18.5 Å². The molecule has 3 aromatic carbocycles. The maximum absolute atomic E-state index is 12.9. The molecule has 3 aromatic rings. The first-order chi connectivity index (χ1) is 16.0. The van der Waals surface area contributed by atoms with Crippen molar-refractivity contribution in [3.05, 3.63) is 84.4 Å². The van der Waals surface area contributed by atoms with Crippen molar-refractivity contribution in [1.82, 2.24) is 5.48 Å². The maximum Gasteiger partial charge on any atom is 0.412 e. The van der Waals surface area contributed by atoms with E-state index in [1.807, 2.05) is 36.4 Å². The molecule has 172 valence electrons. The van der Waals surface area contributed by atoms with Gasteiger partial charge in [-0.05, 0) is 17.5 Å². The number of aliphatic hydroxyl groups is 1. The van der Waals surface area contributed by atoms with Crippen molar-refractivity contribution in [1.29, 1.82) is 0 Å². The third-order valence-electron chi connectivity index (χ3n) is 4.97. The summed E-state index contributed by atoms with van der Waals surface area (Å²) < 4.78 is 11.4. The summed E-state index contributed by atoms with van der Waals surface area (Å²) in [6.45, 7) is 1.66. The number of nitrogens with one attached hydrogen (secondary N) is 2. The van der Waals surface area contributed by atoms with Crippen molar-refractivity contribution < 1.29 is 29.4 Å². The molecular formula is C25H26N2O6. The second kappa shape index (κ2) is 11.7. The summed E-state index contributed by atoms with van der Waals surface area (Å²) in [4.78, 5) is 24.4. The van der Waals surface area contributed by atoms with E-state index < -0.39 is 24.0 Å². The van der Waals surface area contributed by atoms with E-state index in [0.717, 1.165) is 16.8 Å². The van der Waals surface area contributed by atoms with Crippen molar-refractivity contribution in [3.63, 3.8) is 0 Å². The largest absolute Gasteiger partial charge is 0.491 e. The van der Waals surface area contributed by atoms with E-state index >= 15 is 0 Å². The summed E-state index contributed by atoms with van der Waals surface area (Å²) in [7, 11) is 0. The molecule has 0 fully saturated rings. The summed E-state index contributed by atoms with van der Waals surface area (Å²) in [5, 5.41) is 22.5. The fourth-order valence-corrected chi connectivity index (χ4v) is 3.42. The van der Waals surface area contributed by atoms with Crippen LogP contribution >= 0.6 is 0 Å². The highest BCUT2D eigenvalue weighted by molar-refractivity contribution is 6.00. The van der Waals surface area contributed by atoms with Crippen LogP contribution in [0.15, 0.2) is 78.9 Å². The van der Waals surface area contributed by atoms with E-state index in [-0.39, 0.29) is 13.2 Å². The quantitative estimate of drug-likeness (QED) is 0.221. The number of ether oxygens (including phenoxy) is 2. The number of carbonyl (C=O) groups excluding carboxylic acids is 2. The van der Waals surface area contributed by atoms with Crippen molar-refractivity contribution in [2.45, 2.75) is 13.0 Å². The molecule has 0 radical (unpaired) electrons. The zero-order valence-corrected chi connectivity index (χ0v) is 18.1. The molecule has 0 heterocycles. The predicted molar refractivity (Wildman–Crippen MR) is 124 cm³/mol. The highest BCUT2D eigenvalue weighted by atomic mass is 16.6. The van der Waals surface area contributed by atoms with Gasteiger partial charge in [-0.25, -0.2) is 10.3 Å². The van der Waals surface area contributed by atoms with Crippen LogP contribution in [0, 0.1) is 5.92 Å². The Labute approximate surface area is 191 Å². The standard InChI is InChI=1S/C25H26N2O6/c1-17(13-14-23(29)27-31)24(20-10-4-5-12-22(20)32-16-15-28)33-25(30)26-21-11-6-8-18-7-2-3-9-19(18)21/h2-14,17,24,28,31H,15-16H2,1H3,(H,26,30)(H,27,29)/b14-13+/t17-,24+/m0/s1. The highest BCUT2D eigenvalue weighted by Gasteiger charge is 2.26. The number of fused-ring (bicyclic) bond motifs is 1. The first kappa shape index (κ1) is 23.8. The van der Waals surface area contributed by atoms with Crippen LogP contribution in [0.4, 0.5) is 10.5 Å². The molecule has 0 bridgehead atoms. The predicted octanol–water partition coefficient (Wildman–Crippen LogP) is 4.20. The summed E-state index contributed by atoms with van der Waals surface area (Å²) in [6, 6.07) is 20.2. The number of aliphatic hydroxyl groups excluding tert-OH is 1. The minimum Gasteiger partial charge on any atom is -0.491 e. The second-order valence-corrected chi connectivity index (χ2v) is 7.28. The van der Waals surface area contributed by atoms with Gasteiger partial charge < -0.3 is 14.6 Å². The van der Waals surface area contributed by atoms with E-state index in [1.165, 1.54) is 11.6 Å². The third-order valence-corrected chi connectivity index (χ3v) is 4.97. The number of hydrogen-bond donors (Lipinski definition) is 4. The minimum atomic E-state index is -0.822. The van der Waals surface area contributed by atoms with Crippen LogP contribution in [0.25, 0.3) is 10.8 Å². The van der Waals surface area contributed by atoms with Crippen molar-refractivity contribution in [2.75, 3.05) is 18.5 Å². The number of carbonyl (C=O) groups is 2. The number of benzene rings is 3. The highest BCUT2D eigenvalue weighted by Crippen LogP contribution is 2.34. The zero-order chi connectivity index (χ0) is 23.6. The number of rotatable bonds is 9. The lowest BCUT2D eigenvalue weighted by atomic mass is 9.96. The first-order valence-corrected chi connectivity index (χ1v) is 10.4. The molecule has 2 amide bonds. The van der Waals surface area contributed by atoms with E-state index in [4.69, 9.17) is 19.8 Å². The van der Waals surface area contributed by atoms with Crippen LogP contribution in [0.5, 0.6) is 5.75 Å². The molecule has 8 nitrogen and oxygen atoms in total. The van der Waals surface area contributed by atoms with Gasteiger partial charge in [-0.1, -0.05) is 67.6 Å². The van der Waals surface area contributed by atoms with Gasteiger partial charge >= 0.3 is 6.09 Å². The molecule has 0 aliphatic heterocycles. The molecule has 0 saturated heterocycles. The van der Waals surface area contributed by atoms with Crippen molar-refractivity contribution in [2.24, 2.45) is 5.92 Å². The van der Waals surface area contributed by atoms with Gasteiger partial charge in [0.15, 0.2) is 0 Å². The van der Waals surface area contributed by atoms with Gasteiger partial charge in [-0.15, -0.1) is 0 Å². The Bertz CT molecular complexity index is 1130. The van der Waals surface area contributed by atoms with Gasteiger partial charge in [-0.2, -0.15) is 0 Å². The Balaban J connectivity index is 1.88. The fourth-order valence-electron chi connectivity index (χ4n) is 3.42. The summed E-state index contributed by atoms with van der Waals surface area (Å²) in [5.41, 5.74) is 2.70. The van der Waals surface area contributed by atoms with Crippen LogP contribution in [0.1, 0.15) is 18.6 Å². The molecule has 0 aliphatic carbocycles. The number of amides is 2. The van der Waals surface area contributed by atoms with Crippen molar-refractivity contribution >= 4 is 28.5 Å². The molecule has 3 rings (SSSR count). The Morgan fingerprint density at radius 1 is 1.03 bits per heavy atom. The van der Waals surface area contributed by atoms with Crippen LogP contribution in [0.3, 0.4) is 0 Å². The van der Waals surface area contributed by atoms with Gasteiger partial charge in [0.05, 0.1) is 12.3 Å². The number of hydroxylamine groups is 1. The summed E-state index contributed by atoms with van der Waals surface area (Å²) in [6.07, 6.45) is 1.17. The van der Waals surface area contributed by atoms with Gasteiger partial charge in [-0.3, -0.25) is 15.3 Å². The van der Waals surface area contributed by atoms with Crippen LogP contribution in [-0.2, 0) is 9.53 Å². The molecule has 0 spiro atoms. The summed E-state index contributed by atoms with van der Waals surface area (Å²) >= 11 is 0. The average Bonchev–Trinajstić information content (AvgIpc) is 2.84. The maximum atomic E-state index is 12.9. The molecule has 0 aromatic heterocycles. The van der Waals surface area contributed by atoms with Crippen LogP contribution in [-0.4, -0.2) is 35.5 Å². The summed E-state index contributed by atoms with van der Waals surface area (Å²) in [5.74, 6) is -0.716. The second-order valence-electron chi connectivity index (χ2n) is 7.28. The SMILES string of the molecule is C[C@@H](/C=C/C(=O)NO)[C@@H](OC(=O)Nc1cccc2ccccc12)c1ccccc1OCCO. The molecule has 33 heavy (non-hydrogen) atoms. The van der Waals surface area contributed by atoms with Gasteiger partial charge in [0.25, 0.3) is 5.91 Å². The van der Waals surface area contributed by atoms with Crippen LogP contribution in [0.2, 0.25) is 0 Å². The average molecular weight is 450 g/mol. The molecule has 0 unspecified atom stereocenters. The molecule has 4 N–H and O–H groups in total. The van der Waals surface area contributed by atoms with Crippen LogP contribution < -0.4 is 15.5 Å². The molecule has 2 atom stereocenters. The third kappa shape index (κ3) is 6.31. The van der Waals surface area contributed by atoms with Gasteiger partial charge in [0.2, 0.25) is 0 Å². The lowest BCUT2D eigenvalue weighted by molar-refractivity contribution is -0.124. The van der Waals surface area contributed by atoms with Gasteiger partial charge in [0, 0.05) is 22.9 Å². The normalized spacial score (nSPS) is 12.8. The van der Waals surface area contributed by atoms with E-state index in [9.17, 15) is 9.59 Å². The number of para-hydroxylation sites is 1. The number of hydrogen-bond acceptors (Lipinski definition) is 6. The Hall–Kier alpha value is -3.88. The zero-order valence-electron chi connectivity index (χ0n) is 18.1. The minimum absolute atomic E-state index is 0.0725. The molecule has 0 saturated carbocycles. The lowest BCUT2D eigenvalue weighted by Gasteiger charge is -2.25. The lowest BCUT2D eigenvalue weighted by Crippen LogP contribution is -2.22. The Kier molecular flexibility index (Phi) is 8.40. The van der Waals surface area contributed by atoms with E-state index in [2.05, 4.69) is 5.32 Å². The fraction of sp³-hybridized carbons (Fsp3) is 0.200. The van der Waals surface area contributed by atoms with E-state index in [1.54, 1.807) is 37.3 Å². The number of anilines is 1. The first-order valence-electron chi connectivity index (χ1n) is 10.4. The topological polar surface area (TPSA) is 117 Å². The van der Waals surface area contributed by atoms with Crippen molar-refractivity contribution in [3.8, 4) is 5.75 Å². The van der Waals surface area contributed by atoms with E-state index in [0.29, 0.717) is 17.0 Å². The molecule has 0 aliphatic rings. The Morgan fingerprint density at radius 2 is 1.76 bits per heavy atom.